The van der Waals surface area contributed by atoms with Gasteiger partial charge in [0.15, 0.2) is 0 Å². The molecule has 1 saturated carbocycles. The first-order chi connectivity index (χ1) is 12.2. The number of anilines is 3. The molecular weight excluding hydrogens is 320 g/mol. The Morgan fingerprint density at radius 3 is 1.76 bits per heavy atom. The van der Waals surface area contributed by atoms with Gasteiger partial charge in [0, 0.05) is 6.04 Å². The summed E-state index contributed by atoms with van der Waals surface area (Å²) in [6.07, 6.45) is 7.53. The fraction of sp³-hybridized carbons (Fsp3) is 0.824. The molecule has 8 heteroatoms. The Hall–Kier alpha value is -1.67. The van der Waals surface area contributed by atoms with Crippen molar-refractivity contribution in [2.45, 2.75) is 76.9 Å². The normalized spacial score (nSPS) is 17.8. The van der Waals surface area contributed by atoms with Crippen LogP contribution in [-0.4, -0.2) is 56.5 Å². The summed E-state index contributed by atoms with van der Waals surface area (Å²) in [5, 5.41) is 28.5. The predicted molar refractivity (Wildman–Crippen MR) is 99.9 cm³/mol. The number of aliphatic hydroxyl groups excluding tert-OH is 2. The molecule has 0 aliphatic heterocycles. The Labute approximate surface area is 149 Å². The third kappa shape index (κ3) is 6.28. The quantitative estimate of drug-likeness (QED) is 0.434. The molecule has 0 aromatic carbocycles. The lowest BCUT2D eigenvalue weighted by Gasteiger charge is -2.23. The van der Waals surface area contributed by atoms with E-state index in [9.17, 15) is 10.2 Å². The Kier molecular flexibility index (Phi) is 8.14. The minimum Gasteiger partial charge on any atom is -0.394 e. The number of aliphatic hydroxyl groups is 2. The van der Waals surface area contributed by atoms with Gasteiger partial charge in [0.05, 0.1) is 25.3 Å². The topological polar surface area (TPSA) is 115 Å². The van der Waals surface area contributed by atoms with Crippen LogP contribution in [0.15, 0.2) is 0 Å². The second-order valence-corrected chi connectivity index (χ2v) is 6.65. The monoisotopic (exact) mass is 352 g/mol. The van der Waals surface area contributed by atoms with Crippen molar-refractivity contribution in [3.8, 4) is 0 Å². The van der Waals surface area contributed by atoms with Crippen LogP contribution in [0.4, 0.5) is 17.8 Å². The molecule has 1 aromatic heterocycles. The maximum Gasteiger partial charge on any atom is 0.229 e. The van der Waals surface area contributed by atoms with E-state index < -0.39 is 0 Å². The number of nitrogens with one attached hydrogen (secondary N) is 3. The van der Waals surface area contributed by atoms with Gasteiger partial charge in [0.2, 0.25) is 17.8 Å². The molecule has 1 fully saturated rings. The zero-order valence-corrected chi connectivity index (χ0v) is 15.3. The lowest BCUT2D eigenvalue weighted by atomic mass is 9.96. The molecule has 25 heavy (non-hydrogen) atoms. The van der Waals surface area contributed by atoms with E-state index in [-0.39, 0.29) is 25.3 Å². The van der Waals surface area contributed by atoms with Gasteiger partial charge in [-0.3, -0.25) is 0 Å². The van der Waals surface area contributed by atoms with E-state index in [0.29, 0.717) is 23.9 Å². The van der Waals surface area contributed by atoms with E-state index in [1.165, 1.54) is 19.3 Å². The second kappa shape index (κ2) is 10.4. The van der Waals surface area contributed by atoms with Crippen molar-refractivity contribution in [3.63, 3.8) is 0 Å². The van der Waals surface area contributed by atoms with Crippen molar-refractivity contribution in [1.29, 1.82) is 0 Å². The summed E-state index contributed by atoms with van der Waals surface area (Å²) in [5.41, 5.74) is 0. The van der Waals surface area contributed by atoms with Crippen molar-refractivity contribution < 1.29 is 10.2 Å². The first-order valence-corrected chi connectivity index (χ1v) is 9.45. The molecule has 5 N–H and O–H groups in total. The van der Waals surface area contributed by atoms with E-state index >= 15 is 0 Å². The molecular formula is C17H32N6O2. The van der Waals surface area contributed by atoms with Crippen molar-refractivity contribution >= 4 is 17.8 Å². The van der Waals surface area contributed by atoms with Gasteiger partial charge in [-0.25, -0.2) is 0 Å². The highest BCUT2D eigenvalue weighted by Gasteiger charge is 2.17. The van der Waals surface area contributed by atoms with Crippen molar-refractivity contribution in [1.82, 2.24) is 15.0 Å². The van der Waals surface area contributed by atoms with Crippen molar-refractivity contribution in [2.75, 3.05) is 29.2 Å². The molecule has 1 heterocycles. The minimum atomic E-state index is -0.0994. The summed E-state index contributed by atoms with van der Waals surface area (Å²) in [7, 11) is 0. The van der Waals surface area contributed by atoms with Crippen LogP contribution >= 0.6 is 0 Å². The number of hydrogen-bond acceptors (Lipinski definition) is 8. The number of nitrogens with zero attached hydrogens (tertiary/aromatic N) is 3. The number of hydrogen-bond donors (Lipinski definition) is 5. The molecule has 2 atom stereocenters. The summed E-state index contributed by atoms with van der Waals surface area (Å²) in [5.74, 6) is 1.40. The maximum absolute atomic E-state index is 9.41. The summed E-state index contributed by atoms with van der Waals surface area (Å²) in [6.45, 7) is 4.03. The van der Waals surface area contributed by atoms with Gasteiger partial charge in [0.25, 0.3) is 0 Å². The van der Waals surface area contributed by atoms with E-state index in [2.05, 4.69) is 30.9 Å². The average Bonchev–Trinajstić information content (AvgIpc) is 2.65. The predicted octanol–water partition coefficient (Wildman–Crippen LogP) is 1.98. The third-order valence-corrected chi connectivity index (χ3v) is 4.67. The fourth-order valence-electron chi connectivity index (χ4n) is 2.92. The van der Waals surface area contributed by atoms with E-state index in [4.69, 9.17) is 0 Å². The Balaban J connectivity index is 2.16. The van der Waals surface area contributed by atoms with E-state index in [0.717, 1.165) is 25.7 Å². The molecule has 0 spiro atoms. The van der Waals surface area contributed by atoms with Gasteiger partial charge in [-0.2, -0.15) is 15.0 Å². The van der Waals surface area contributed by atoms with Crippen LogP contribution in [0.25, 0.3) is 0 Å². The van der Waals surface area contributed by atoms with Gasteiger partial charge in [-0.05, 0) is 25.7 Å². The Bertz CT molecular complexity index is 470. The van der Waals surface area contributed by atoms with Gasteiger partial charge in [0.1, 0.15) is 0 Å². The first-order valence-electron chi connectivity index (χ1n) is 9.45. The molecule has 0 unspecified atom stereocenters. The highest BCUT2D eigenvalue weighted by molar-refractivity contribution is 5.43. The standard InChI is InChI=1S/C17H32N6O2/c1-3-12(10-24)18-15-21-16(19-13(4-2)11-25)23-17(22-15)20-14-8-6-5-7-9-14/h12-14,24-25H,3-11H2,1-2H3,(H3,18,19,20,21,22,23)/t12-,13+. The summed E-state index contributed by atoms with van der Waals surface area (Å²) >= 11 is 0. The average molecular weight is 352 g/mol. The molecule has 0 radical (unpaired) electrons. The molecule has 142 valence electrons. The van der Waals surface area contributed by atoms with Crippen LogP contribution in [0.2, 0.25) is 0 Å². The highest BCUT2D eigenvalue weighted by atomic mass is 16.3. The summed E-state index contributed by atoms with van der Waals surface area (Å²) in [4.78, 5) is 13.3. The van der Waals surface area contributed by atoms with Gasteiger partial charge < -0.3 is 26.2 Å². The zero-order chi connectivity index (χ0) is 18.1. The van der Waals surface area contributed by atoms with E-state index in [1.807, 2.05) is 13.8 Å². The van der Waals surface area contributed by atoms with Gasteiger partial charge in [-0.1, -0.05) is 33.1 Å². The van der Waals surface area contributed by atoms with Crippen LogP contribution in [0.3, 0.4) is 0 Å². The maximum atomic E-state index is 9.41. The van der Waals surface area contributed by atoms with Crippen LogP contribution in [0.1, 0.15) is 58.8 Å². The van der Waals surface area contributed by atoms with Crippen LogP contribution in [0, 0.1) is 0 Å². The lowest BCUT2D eigenvalue weighted by Crippen LogP contribution is -2.28. The minimum absolute atomic E-state index is 0.0184. The number of rotatable bonds is 10. The Morgan fingerprint density at radius 2 is 1.32 bits per heavy atom. The molecule has 1 aliphatic rings. The first kappa shape index (κ1) is 19.7. The van der Waals surface area contributed by atoms with E-state index in [1.54, 1.807) is 0 Å². The zero-order valence-electron chi connectivity index (χ0n) is 15.3. The van der Waals surface area contributed by atoms with Crippen LogP contribution in [0.5, 0.6) is 0 Å². The molecule has 1 aliphatic carbocycles. The molecule has 0 amide bonds. The fourth-order valence-corrected chi connectivity index (χ4v) is 2.92. The largest absolute Gasteiger partial charge is 0.394 e. The van der Waals surface area contributed by atoms with Gasteiger partial charge >= 0.3 is 0 Å². The molecule has 2 rings (SSSR count). The highest BCUT2D eigenvalue weighted by Crippen LogP contribution is 2.21. The van der Waals surface area contributed by atoms with Gasteiger partial charge in [-0.15, -0.1) is 0 Å². The summed E-state index contributed by atoms with van der Waals surface area (Å²) in [6, 6.07) is 0.187. The molecule has 1 aromatic rings. The van der Waals surface area contributed by atoms with Crippen molar-refractivity contribution in [3.05, 3.63) is 0 Å². The van der Waals surface area contributed by atoms with Crippen molar-refractivity contribution in [2.24, 2.45) is 0 Å². The molecule has 0 saturated heterocycles. The van der Waals surface area contributed by atoms with Crippen LogP contribution < -0.4 is 16.0 Å². The van der Waals surface area contributed by atoms with Crippen LogP contribution in [-0.2, 0) is 0 Å². The molecule has 8 nitrogen and oxygen atoms in total. The summed E-state index contributed by atoms with van der Waals surface area (Å²) < 4.78 is 0. The Morgan fingerprint density at radius 1 is 0.840 bits per heavy atom. The second-order valence-electron chi connectivity index (χ2n) is 6.65. The third-order valence-electron chi connectivity index (χ3n) is 4.67. The SMILES string of the molecule is CC[C@H](CO)Nc1nc(NC2CCCCC2)nc(N[C@@H](CC)CO)n1. The lowest BCUT2D eigenvalue weighted by molar-refractivity contribution is 0.271. The number of aromatic nitrogens is 3. The molecule has 0 bridgehead atoms. The smallest absolute Gasteiger partial charge is 0.229 e.